The molecule has 0 saturated heterocycles. The number of anilines is 1. The maximum atomic E-state index is 13.3. The first-order valence-electron chi connectivity index (χ1n) is 7.03. The summed E-state index contributed by atoms with van der Waals surface area (Å²) >= 11 is 1.02. The standard InChI is InChI=1S/C15H19FN2O4S/c1-3-17-15(21)10(2)22-14(20)9-23-8-13(19)18-12-7-5-4-6-11(12)16/h4-7,10H,3,8-9H2,1-2H3,(H,17,21)(H,18,19)/t10-/m0/s1. The van der Waals surface area contributed by atoms with Gasteiger partial charge in [0.1, 0.15) is 5.82 Å². The van der Waals surface area contributed by atoms with Crippen LogP contribution in [0.1, 0.15) is 13.8 Å². The van der Waals surface area contributed by atoms with Crippen LogP contribution in [0.3, 0.4) is 0 Å². The van der Waals surface area contributed by atoms with Crippen molar-refractivity contribution in [2.45, 2.75) is 20.0 Å². The van der Waals surface area contributed by atoms with Crippen LogP contribution in [0.25, 0.3) is 0 Å². The highest BCUT2D eigenvalue weighted by molar-refractivity contribution is 8.00. The van der Waals surface area contributed by atoms with Gasteiger partial charge < -0.3 is 15.4 Å². The fraction of sp³-hybridized carbons (Fsp3) is 0.400. The highest BCUT2D eigenvalue weighted by Crippen LogP contribution is 2.13. The number of thioether (sulfide) groups is 1. The number of para-hydroxylation sites is 1. The third-order valence-corrected chi connectivity index (χ3v) is 3.54. The zero-order valence-corrected chi connectivity index (χ0v) is 13.7. The van der Waals surface area contributed by atoms with Gasteiger partial charge in [0.25, 0.3) is 5.91 Å². The van der Waals surface area contributed by atoms with Crippen LogP contribution in [0, 0.1) is 5.82 Å². The average Bonchev–Trinajstić information content (AvgIpc) is 2.49. The molecule has 1 atom stereocenters. The van der Waals surface area contributed by atoms with E-state index < -0.39 is 23.8 Å². The van der Waals surface area contributed by atoms with Gasteiger partial charge in [-0.15, -0.1) is 11.8 Å². The molecule has 2 amide bonds. The first-order valence-corrected chi connectivity index (χ1v) is 8.18. The van der Waals surface area contributed by atoms with Gasteiger partial charge in [0, 0.05) is 6.54 Å². The quantitative estimate of drug-likeness (QED) is 0.701. The van der Waals surface area contributed by atoms with Crippen LogP contribution >= 0.6 is 11.8 Å². The maximum Gasteiger partial charge on any atom is 0.316 e. The molecule has 8 heteroatoms. The number of hydrogen-bond acceptors (Lipinski definition) is 5. The molecular formula is C15H19FN2O4S. The Labute approximate surface area is 138 Å². The molecule has 0 aliphatic carbocycles. The number of halogens is 1. The van der Waals surface area contributed by atoms with Crippen molar-refractivity contribution >= 4 is 35.2 Å². The molecule has 0 spiro atoms. The zero-order chi connectivity index (χ0) is 17.2. The minimum Gasteiger partial charge on any atom is -0.452 e. The second-order valence-corrected chi connectivity index (χ2v) is 5.53. The first kappa shape index (κ1) is 19.0. The second-order valence-electron chi connectivity index (χ2n) is 4.55. The molecule has 1 aromatic rings. The molecule has 0 saturated carbocycles. The van der Waals surface area contributed by atoms with Crippen LogP contribution in [0.5, 0.6) is 0 Å². The number of likely N-dealkylation sites (N-methyl/N-ethyl adjacent to an activating group) is 1. The summed E-state index contributed by atoms with van der Waals surface area (Å²) < 4.78 is 18.3. The van der Waals surface area contributed by atoms with Crippen molar-refractivity contribution in [1.82, 2.24) is 5.32 Å². The van der Waals surface area contributed by atoms with E-state index in [2.05, 4.69) is 10.6 Å². The van der Waals surface area contributed by atoms with E-state index in [-0.39, 0.29) is 23.1 Å². The predicted molar refractivity (Wildman–Crippen MR) is 86.6 cm³/mol. The third-order valence-electron chi connectivity index (χ3n) is 2.63. The molecule has 6 nitrogen and oxygen atoms in total. The van der Waals surface area contributed by atoms with Gasteiger partial charge in [0.15, 0.2) is 6.10 Å². The van der Waals surface area contributed by atoms with Gasteiger partial charge in [0.05, 0.1) is 17.2 Å². The number of nitrogens with one attached hydrogen (secondary N) is 2. The van der Waals surface area contributed by atoms with E-state index in [0.29, 0.717) is 6.54 Å². The topological polar surface area (TPSA) is 84.5 Å². The van der Waals surface area contributed by atoms with Crippen LogP contribution in [0.4, 0.5) is 10.1 Å². The van der Waals surface area contributed by atoms with Crippen LogP contribution < -0.4 is 10.6 Å². The van der Waals surface area contributed by atoms with Gasteiger partial charge >= 0.3 is 5.97 Å². The fourth-order valence-corrected chi connectivity index (χ4v) is 2.17. The van der Waals surface area contributed by atoms with Gasteiger partial charge in [-0.3, -0.25) is 14.4 Å². The van der Waals surface area contributed by atoms with Crippen molar-refractivity contribution < 1.29 is 23.5 Å². The molecule has 0 aromatic heterocycles. The summed E-state index contributed by atoms with van der Waals surface area (Å²) in [5.41, 5.74) is 0.0885. The maximum absolute atomic E-state index is 13.3. The molecule has 2 N–H and O–H groups in total. The fourth-order valence-electron chi connectivity index (χ4n) is 1.58. The lowest BCUT2D eigenvalue weighted by atomic mass is 10.3. The number of benzene rings is 1. The minimum absolute atomic E-state index is 0.0288. The van der Waals surface area contributed by atoms with E-state index in [9.17, 15) is 18.8 Å². The molecule has 0 aliphatic rings. The number of rotatable bonds is 8. The number of esters is 1. The van der Waals surface area contributed by atoms with Gasteiger partial charge in [-0.25, -0.2) is 4.39 Å². The number of amides is 2. The van der Waals surface area contributed by atoms with Crippen molar-refractivity contribution in [2.24, 2.45) is 0 Å². The van der Waals surface area contributed by atoms with Crippen LogP contribution in [0.2, 0.25) is 0 Å². The monoisotopic (exact) mass is 342 g/mol. The Hall–Kier alpha value is -2.09. The summed E-state index contributed by atoms with van der Waals surface area (Å²) in [5.74, 6) is -2.02. The number of hydrogen-bond donors (Lipinski definition) is 2. The minimum atomic E-state index is -0.879. The van der Waals surface area contributed by atoms with Crippen LogP contribution in [-0.4, -0.2) is 41.9 Å². The SMILES string of the molecule is CCNC(=O)[C@H](C)OC(=O)CSCC(=O)Nc1ccccc1F. The lowest BCUT2D eigenvalue weighted by Crippen LogP contribution is -2.36. The van der Waals surface area contributed by atoms with Crippen LogP contribution in [0.15, 0.2) is 24.3 Å². The Balaban J connectivity index is 2.28. The molecule has 1 aromatic carbocycles. The van der Waals surface area contributed by atoms with Crippen molar-refractivity contribution in [3.05, 3.63) is 30.1 Å². The van der Waals surface area contributed by atoms with Crippen molar-refractivity contribution in [3.8, 4) is 0 Å². The molecule has 23 heavy (non-hydrogen) atoms. The first-order chi connectivity index (χ1) is 10.9. The molecular weight excluding hydrogens is 323 g/mol. The van der Waals surface area contributed by atoms with Gasteiger partial charge in [-0.05, 0) is 26.0 Å². The molecule has 126 valence electrons. The number of carbonyl (C=O) groups excluding carboxylic acids is 3. The Kier molecular flexibility index (Phi) is 8.10. The Bertz CT molecular complexity index is 568. The third kappa shape index (κ3) is 7.14. The number of ether oxygens (including phenoxy) is 1. The van der Waals surface area contributed by atoms with E-state index in [4.69, 9.17) is 4.74 Å². The van der Waals surface area contributed by atoms with Gasteiger partial charge in [-0.2, -0.15) is 0 Å². The van der Waals surface area contributed by atoms with E-state index in [0.717, 1.165) is 11.8 Å². The summed E-state index contributed by atoms with van der Waals surface area (Å²) in [5, 5.41) is 4.94. The highest BCUT2D eigenvalue weighted by Gasteiger charge is 2.17. The van der Waals surface area contributed by atoms with Gasteiger partial charge in [-0.1, -0.05) is 12.1 Å². The lowest BCUT2D eigenvalue weighted by molar-refractivity contribution is -0.152. The van der Waals surface area contributed by atoms with Crippen molar-refractivity contribution in [1.29, 1.82) is 0 Å². The van der Waals surface area contributed by atoms with E-state index in [1.165, 1.54) is 25.1 Å². The summed E-state index contributed by atoms with van der Waals surface area (Å²) in [4.78, 5) is 34.6. The Morgan fingerprint density at radius 3 is 2.61 bits per heavy atom. The second kappa shape index (κ2) is 9.83. The van der Waals surface area contributed by atoms with Crippen molar-refractivity contribution in [2.75, 3.05) is 23.4 Å². The summed E-state index contributed by atoms with van der Waals surface area (Å²) in [7, 11) is 0. The van der Waals surface area contributed by atoms with Gasteiger partial charge in [0.2, 0.25) is 5.91 Å². The Morgan fingerprint density at radius 1 is 1.26 bits per heavy atom. The zero-order valence-electron chi connectivity index (χ0n) is 12.9. The highest BCUT2D eigenvalue weighted by atomic mass is 32.2. The Morgan fingerprint density at radius 2 is 1.96 bits per heavy atom. The molecule has 0 unspecified atom stereocenters. The molecule has 0 radical (unpaired) electrons. The molecule has 0 bridgehead atoms. The summed E-state index contributed by atoms with van der Waals surface area (Å²) in [6, 6.07) is 5.81. The molecule has 0 fully saturated rings. The molecule has 1 rings (SSSR count). The summed E-state index contributed by atoms with van der Waals surface area (Å²) in [6.45, 7) is 3.68. The normalized spacial score (nSPS) is 11.4. The summed E-state index contributed by atoms with van der Waals surface area (Å²) in [6.07, 6.45) is -0.879. The average molecular weight is 342 g/mol. The van der Waals surface area contributed by atoms with Crippen molar-refractivity contribution in [3.63, 3.8) is 0 Å². The van der Waals surface area contributed by atoms with Crippen LogP contribution in [-0.2, 0) is 19.1 Å². The lowest BCUT2D eigenvalue weighted by Gasteiger charge is -2.12. The van der Waals surface area contributed by atoms with E-state index >= 15 is 0 Å². The molecule has 0 aliphatic heterocycles. The van der Waals surface area contributed by atoms with E-state index in [1.807, 2.05) is 0 Å². The van der Waals surface area contributed by atoms with E-state index in [1.54, 1.807) is 13.0 Å². The predicted octanol–water partition coefficient (Wildman–Crippen LogP) is 1.57. The number of carbonyl (C=O) groups is 3. The smallest absolute Gasteiger partial charge is 0.316 e. The molecule has 0 heterocycles. The largest absolute Gasteiger partial charge is 0.452 e.